The second kappa shape index (κ2) is 5.16. The molecule has 9 heteroatoms. The number of carbonyl (C=O) groups excluding carboxylic acids is 1. The van der Waals surface area contributed by atoms with E-state index in [0.29, 0.717) is 13.0 Å². The lowest BCUT2D eigenvalue weighted by Gasteiger charge is -2.13. The topological polar surface area (TPSA) is 83.0 Å². The van der Waals surface area contributed by atoms with Crippen LogP contribution in [-0.4, -0.2) is 33.6 Å². The Hall–Kier alpha value is -1.64. The van der Waals surface area contributed by atoms with Crippen LogP contribution in [0.3, 0.4) is 0 Å². The molecule has 106 valence electrons. The molecule has 1 unspecified atom stereocenters. The zero-order chi connectivity index (χ0) is 14.0. The second-order valence-corrected chi connectivity index (χ2v) is 4.34. The minimum absolute atomic E-state index is 0.0272. The van der Waals surface area contributed by atoms with Gasteiger partial charge in [0.1, 0.15) is 5.69 Å². The Labute approximate surface area is 106 Å². The average molecular weight is 278 g/mol. The monoisotopic (exact) mass is 278 g/mol. The Bertz CT molecular complexity index is 466. The lowest BCUT2D eigenvalue weighted by atomic mass is 10.2. The fourth-order valence-corrected chi connectivity index (χ4v) is 2.05. The molecule has 0 spiro atoms. The molecule has 1 aromatic rings. The number of primary amides is 1. The van der Waals surface area contributed by atoms with Gasteiger partial charge in [-0.1, -0.05) is 5.21 Å². The summed E-state index contributed by atoms with van der Waals surface area (Å²) in [7, 11) is 0. The van der Waals surface area contributed by atoms with Crippen molar-refractivity contribution in [2.75, 3.05) is 6.61 Å². The highest BCUT2D eigenvalue weighted by Crippen LogP contribution is 2.32. The van der Waals surface area contributed by atoms with E-state index in [1.807, 2.05) is 0 Å². The summed E-state index contributed by atoms with van der Waals surface area (Å²) < 4.78 is 44.9. The number of hydrogen-bond donors (Lipinski definition) is 1. The van der Waals surface area contributed by atoms with Crippen LogP contribution in [0.1, 0.15) is 24.2 Å². The van der Waals surface area contributed by atoms with Crippen LogP contribution in [0.25, 0.3) is 0 Å². The van der Waals surface area contributed by atoms with Crippen molar-refractivity contribution in [1.82, 2.24) is 15.0 Å². The molecule has 0 radical (unpaired) electrons. The highest BCUT2D eigenvalue weighted by atomic mass is 19.4. The van der Waals surface area contributed by atoms with Gasteiger partial charge in [-0.2, -0.15) is 13.2 Å². The minimum Gasteiger partial charge on any atom is -0.376 e. The van der Waals surface area contributed by atoms with E-state index in [2.05, 4.69) is 10.3 Å². The molecule has 1 amide bonds. The molecule has 6 nitrogen and oxygen atoms in total. The maximum atomic E-state index is 13.0. The quantitative estimate of drug-likeness (QED) is 0.869. The number of nitrogens with two attached hydrogens (primary N) is 1. The smallest absolute Gasteiger partial charge is 0.376 e. The first-order chi connectivity index (χ1) is 8.88. The Morgan fingerprint density at radius 2 is 2.26 bits per heavy atom. The largest absolute Gasteiger partial charge is 0.434 e. The standard InChI is InChI=1S/C10H13F3N4O2/c11-10(12,13)9-7(4-8(14)18)15-16-17(9)5-6-2-1-3-19-6/h6H,1-5H2,(H2,14,18). The van der Waals surface area contributed by atoms with Crippen LogP contribution in [0.2, 0.25) is 0 Å². The number of carbonyl (C=O) groups is 1. The number of halogens is 3. The highest BCUT2D eigenvalue weighted by Gasteiger charge is 2.40. The molecular formula is C10H13F3N4O2. The summed E-state index contributed by atoms with van der Waals surface area (Å²) in [6.07, 6.45) is -4.02. The van der Waals surface area contributed by atoms with Gasteiger partial charge in [-0.25, -0.2) is 4.68 Å². The van der Waals surface area contributed by atoms with Crippen LogP contribution in [-0.2, 0) is 28.7 Å². The normalized spacial score (nSPS) is 19.8. The number of alkyl halides is 3. The molecule has 1 aliphatic rings. The molecule has 2 rings (SSSR count). The van der Waals surface area contributed by atoms with Crippen LogP contribution < -0.4 is 5.73 Å². The Morgan fingerprint density at radius 1 is 1.53 bits per heavy atom. The van der Waals surface area contributed by atoms with Gasteiger partial charge in [-0.05, 0) is 12.8 Å². The minimum atomic E-state index is -4.63. The van der Waals surface area contributed by atoms with E-state index in [1.54, 1.807) is 0 Å². The van der Waals surface area contributed by atoms with Crippen molar-refractivity contribution in [2.24, 2.45) is 5.73 Å². The first-order valence-electron chi connectivity index (χ1n) is 5.77. The van der Waals surface area contributed by atoms with E-state index in [1.165, 1.54) is 0 Å². The lowest BCUT2D eigenvalue weighted by molar-refractivity contribution is -0.145. The molecule has 19 heavy (non-hydrogen) atoms. The van der Waals surface area contributed by atoms with E-state index in [0.717, 1.165) is 11.1 Å². The summed E-state index contributed by atoms with van der Waals surface area (Å²) in [4.78, 5) is 10.8. The van der Waals surface area contributed by atoms with Crippen molar-refractivity contribution in [2.45, 2.75) is 38.1 Å². The van der Waals surface area contributed by atoms with Crippen LogP contribution in [0.4, 0.5) is 13.2 Å². The van der Waals surface area contributed by atoms with Crippen LogP contribution >= 0.6 is 0 Å². The van der Waals surface area contributed by atoms with Crippen LogP contribution in [0.15, 0.2) is 0 Å². The molecule has 1 fully saturated rings. The van der Waals surface area contributed by atoms with Crippen molar-refractivity contribution in [1.29, 1.82) is 0 Å². The van der Waals surface area contributed by atoms with Gasteiger partial charge in [0.25, 0.3) is 0 Å². The van der Waals surface area contributed by atoms with Gasteiger partial charge in [-0.15, -0.1) is 5.10 Å². The number of aromatic nitrogens is 3. The fraction of sp³-hybridized carbons (Fsp3) is 0.700. The second-order valence-electron chi connectivity index (χ2n) is 4.34. The van der Waals surface area contributed by atoms with Gasteiger partial charge in [0.15, 0.2) is 5.69 Å². The van der Waals surface area contributed by atoms with E-state index < -0.39 is 29.9 Å². The van der Waals surface area contributed by atoms with Crippen molar-refractivity contribution in [3.05, 3.63) is 11.4 Å². The van der Waals surface area contributed by atoms with E-state index in [4.69, 9.17) is 10.5 Å². The summed E-state index contributed by atoms with van der Waals surface area (Å²) in [5.41, 5.74) is 3.43. The third kappa shape index (κ3) is 3.22. The zero-order valence-electron chi connectivity index (χ0n) is 9.98. The molecule has 1 atom stereocenters. The van der Waals surface area contributed by atoms with Crippen molar-refractivity contribution >= 4 is 5.91 Å². The molecular weight excluding hydrogens is 265 g/mol. The van der Waals surface area contributed by atoms with Crippen molar-refractivity contribution in [3.8, 4) is 0 Å². The first-order valence-corrected chi connectivity index (χ1v) is 5.77. The predicted molar refractivity (Wildman–Crippen MR) is 56.9 cm³/mol. The molecule has 0 aromatic carbocycles. The number of amides is 1. The average Bonchev–Trinajstić information content (AvgIpc) is 2.87. The van der Waals surface area contributed by atoms with E-state index in [9.17, 15) is 18.0 Å². The lowest BCUT2D eigenvalue weighted by Crippen LogP contribution is -2.24. The Balaban J connectivity index is 2.26. The van der Waals surface area contributed by atoms with E-state index >= 15 is 0 Å². The summed E-state index contributed by atoms with van der Waals surface area (Å²) in [5.74, 6) is -0.880. The maximum Gasteiger partial charge on any atom is 0.434 e. The third-order valence-electron chi connectivity index (χ3n) is 2.82. The van der Waals surface area contributed by atoms with Gasteiger partial charge < -0.3 is 10.5 Å². The number of nitrogens with zero attached hydrogens (tertiary/aromatic N) is 3. The van der Waals surface area contributed by atoms with E-state index in [-0.39, 0.29) is 12.6 Å². The molecule has 0 aliphatic carbocycles. The molecule has 0 saturated carbocycles. The van der Waals surface area contributed by atoms with Gasteiger partial charge in [0.2, 0.25) is 5.91 Å². The first kappa shape index (κ1) is 13.8. The molecule has 1 saturated heterocycles. The van der Waals surface area contributed by atoms with Gasteiger partial charge >= 0.3 is 6.18 Å². The van der Waals surface area contributed by atoms with Gasteiger partial charge in [0, 0.05) is 6.61 Å². The molecule has 2 N–H and O–H groups in total. The summed E-state index contributed by atoms with van der Waals surface area (Å²) in [6.45, 7) is 0.509. The molecule has 1 aromatic heterocycles. The maximum absolute atomic E-state index is 13.0. The molecule has 1 aliphatic heterocycles. The Morgan fingerprint density at radius 3 is 2.79 bits per heavy atom. The summed E-state index contributed by atoms with van der Waals surface area (Å²) in [6, 6.07) is 0. The number of ether oxygens (including phenoxy) is 1. The summed E-state index contributed by atoms with van der Waals surface area (Å²) in [5, 5.41) is 6.86. The Kier molecular flexibility index (Phi) is 3.74. The molecule has 2 heterocycles. The number of hydrogen-bond acceptors (Lipinski definition) is 4. The molecule has 0 bridgehead atoms. The number of rotatable bonds is 4. The van der Waals surface area contributed by atoms with Crippen LogP contribution in [0, 0.1) is 0 Å². The fourth-order valence-electron chi connectivity index (χ4n) is 2.05. The van der Waals surface area contributed by atoms with Crippen LogP contribution in [0.5, 0.6) is 0 Å². The third-order valence-corrected chi connectivity index (χ3v) is 2.82. The van der Waals surface area contributed by atoms with Crippen molar-refractivity contribution < 1.29 is 22.7 Å². The SMILES string of the molecule is NC(=O)Cc1nnn(CC2CCCO2)c1C(F)(F)F. The predicted octanol–water partition coefficient (Wildman–Crippen LogP) is 0.504. The van der Waals surface area contributed by atoms with Gasteiger partial charge in [0.05, 0.1) is 19.1 Å². The zero-order valence-corrected chi connectivity index (χ0v) is 9.98. The van der Waals surface area contributed by atoms with Gasteiger partial charge in [-0.3, -0.25) is 4.79 Å². The summed E-state index contributed by atoms with van der Waals surface area (Å²) >= 11 is 0. The van der Waals surface area contributed by atoms with Crippen molar-refractivity contribution in [3.63, 3.8) is 0 Å². The highest BCUT2D eigenvalue weighted by molar-refractivity contribution is 5.76.